The van der Waals surface area contributed by atoms with Gasteiger partial charge in [0, 0.05) is 18.9 Å². The second kappa shape index (κ2) is 6.90. The number of phenolic OH excluding ortho intramolecular Hbond substituents is 1. The summed E-state index contributed by atoms with van der Waals surface area (Å²) in [6.07, 6.45) is 3.95. The van der Waals surface area contributed by atoms with Crippen molar-refractivity contribution in [1.29, 1.82) is 0 Å². The normalized spacial score (nSPS) is 18.2. The quantitative estimate of drug-likeness (QED) is 0.622. The molecular weight excluding hydrogens is 336 g/mol. The van der Waals surface area contributed by atoms with E-state index in [1.807, 2.05) is 18.2 Å². The van der Waals surface area contributed by atoms with Gasteiger partial charge in [0.25, 0.3) is 0 Å². The third kappa shape index (κ3) is 2.78. The maximum Gasteiger partial charge on any atom is 0.123 e. The fraction of sp³-hybridized carbons (Fsp3) is 0.333. The molecule has 0 amide bonds. The van der Waals surface area contributed by atoms with Crippen molar-refractivity contribution in [3.8, 4) is 22.6 Å². The number of hydrogen-bond acceptors (Lipinski definition) is 3. The molecule has 0 aromatic heterocycles. The van der Waals surface area contributed by atoms with E-state index in [-0.39, 0.29) is 5.75 Å². The highest BCUT2D eigenvalue weighted by atomic mass is 16.5. The summed E-state index contributed by atoms with van der Waals surface area (Å²) in [7, 11) is 3.44. The molecular formula is C24H26O3. The van der Waals surface area contributed by atoms with E-state index in [0.717, 1.165) is 47.8 Å². The predicted molar refractivity (Wildman–Crippen MR) is 110 cm³/mol. The van der Waals surface area contributed by atoms with E-state index in [0.29, 0.717) is 0 Å². The Morgan fingerprint density at radius 2 is 1.85 bits per heavy atom. The SMILES string of the molecule is CCCCC1(OC)Cc2ccccc2-c2c1cc(O)c1cc(OC)ccc21. The van der Waals surface area contributed by atoms with Gasteiger partial charge in [-0.05, 0) is 58.3 Å². The topological polar surface area (TPSA) is 38.7 Å². The molecule has 0 spiro atoms. The number of ether oxygens (including phenoxy) is 2. The first-order valence-electron chi connectivity index (χ1n) is 9.61. The van der Waals surface area contributed by atoms with Crippen molar-refractivity contribution in [1.82, 2.24) is 0 Å². The van der Waals surface area contributed by atoms with E-state index in [1.165, 1.54) is 16.7 Å². The molecule has 0 saturated carbocycles. The summed E-state index contributed by atoms with van der Waals surface area (Å²) in [6.45, 7) is 2.20. The molecule has 3 nitrogen and oxygen atoms in total. The maximum absolute atomic E-state index is 10.8. The lowest BCUT2D eigenvalue weighted by Gasteiger charge is -2.40. The second-order valence-corrected chi connectivity index (χ2v) is 7.37. The average Bonchev–Trinajstić information content (AvgIpc) is 2.71. The van der Waals surface area contributed by atoms with Crippen LogP contribution in [0.3, 0.4) is 0 Å². The molecule has 1 unspecified atom stereocenters. The lowest BCUT2D eigenvalue weighted by Crippen LogP contribution is -2.34. The first kappa shape index (κ1) is 17.9. The Morgan fingerprint density at radius 1 is 1.04 bits per heavy atom. The number of unbranched alkanes of at least 4 members (excludes halogenated alkanes) is 1. The minimum absolute atomic E-state index is 0.278. The van der Waals surface area contributed by atoms with Crippen LogP contribution in [0.1, 0.15) is 37.3 Å². The van der Waals surface area contributed by atoms with Gasteiger partial charge in [-0.25, -0.2) is 0 Å². The molecule has 0 fully saturated rings. The predicted octanol–water partition coefficient (Wildman–Crippen LogP) is 5.81. The van der Waals surface area contributed by atoms with Gasteiger partial charge in [0.1, 0.15) is 11.5 Å². The van der Waals surface area contributed by atoms with Crippen molar-refractivity contribution in [2.24, 2.45) is 0 Å². The zero-order valence-electron chi connectivity index (χ0n) is 16.2. The van der Waals surface area contributed by atoms with Crippen molar-refractivity contribution in [3.05, 3.63) is 59.7 Å². The third-order valence-corrected chi connectivity index (χ3v) is 5.90. The van der Waals surface area contributed by atoms with Gasteiger partial charge in [-0.15, -0.1) is 0 Å². The number of rotatable bonds is 5. The van der Waals surface area contributed by atoms with Crippen LogP contribution in [0, 0.1) is 0 Å². The maximum atomic E-state index is 10.8. The van der Waals surface area contributed by atoms with Gasteiger partial charge in [0.2, 0.25) is 0 Å². The van der Waals surface area contributed by atoms with Gasteiger partial charge in [0.15, 0.2) is 0 Å². The summed E-state index contributed by atoms with van der Waals surface area (Å²) in [4.78, 5) is 0. The zero-order valence-corrected chi connectivity index (χ0v) is 16.2. The van der Waals surface area contributed by atoms with Crippen LogP contribution in [0.15, 0.2) is 48.5 Å². The molecule has 3 aromatic carbocycles. The molecule has 3 aromatic rings. The van der Waals surface area contributed by atoms with Crippen LogP contribution in [0.4, 0.5) is 0 Å². The lowest BCUT2D eigenvalue weighted by molar-refractivity contribution is -0.0246. The van der Waals surface area contributed by atoms with Crippen molar-refractivity contribution < 1.29 is 14.6 Å². The van der Waals surface area contributed by atoms with Crippen LogP contribution in [0.25, 0.3) is 21.9 Å². The van der Waals surface area contributed by atoms with Crippen LogP contribution in [0.2, 0.25) is 0 Å². The van der Waals surface area contributed by atoms with E-state index in [4.69, 9.17) is 9.47 Å². The Bertz CT molecular complexity index is 992. The van der Waals surface area contributed by atoms with Gasteiger partial charge < -0.3 is 14.6 Å². The van der Waals surface area contributed by atoms with E-state index in [1.54, 1.807) is 14.2 Å². The molecule has 0 bridgehead atoms. The number of benzene rings is 3. The van der Waals surface area contributed by atoms with Gasteiger partial charge in [0.05, 0.1) is 12.7 Å². The Morgan fingerprint density at radius 3 is 2.59 bits per heavy atom. The van der Waals surface area contributed by atoms with Gasteiger partial charge in [-0.3, -0.25) is 0 Å². The summed E-state index contributed by atoms with van der Waals surface area (Å²) in [6, 6.07) is 16.4. The number of hydrogen-bond donors (Lipinski definition) is 1. The highest BCUT2D eigenvalue weighted by Gasteiger charge is 2.39. The van der Waals surface area contributed by atoms with E-state index in [2.05, 4.69) is 37.3 Å². The molecule has 4 rings (SSSR count). The standard InChI is InChI=1S/C24H26O3/c1-4-5-12-24(27-3)15-16-8-6-7-9-18(16)23-19-11-10-17(26-2)13-20(19)22(25)14-21(23)24/h6-11,13-14,25H,4-5,12,15H2,1-3H3. The van der Waals surface area contributed by atoms with Gasteiger partial charge in [-0.1, -0.05) is 44.0 Å². The minimum atomic E-state index is -0.411. The van der Waals surface area contributed by atoms with Crippen LogP contribution >= 0.6 is 0 Å². The van der Waals surface area contributed by atoms with Gasteiger partial charge >= 0.3 is 0 Å². The van der Waals surface area contributed by atoms with E-state index < -0.39 is 5.60 Å². The van der Waals surface area contributed by atoms with Crippen LogP contribution in [-0.2, 0) is 16.8 Å². The lowest BCUT2D eigenvalue weighted by atomic mass is 9.71. The molecule has 140 valence electrons. The highest BCUT2D eigenvalue weighted by Crippen LogP contribution is 2.51. The highest BCUT2D eigenvalue weighted by molar-refractivity contribution is 6.03. The van der Waals surface area contributed by atoms with Crippen LogP contribution < -0.4 is 4.74 Å². The summed E-state index contributed by atoms with van der Waals surface area (Å²) >= 11 is 0. The number of fused-ring (bicyclic) bond motifs is 5. The largest absolute Gasteiger partial charge is 0.507 e. The Balaban J connectivity index is 2.07. The molecule has 0 radical (unpaired) electrons. The summed E-state index contributed by atoms with van der Waals surface area (Å²) in [5.41, 5.74) is 4.38. The van der Waals surface area contributed by atoms with Crippen LogP contribution in [0.5, 0.6) is 11.5 Å². The smallest absolute Gasteiger partial charge is 0.123 e. The molecule has 1 atom stereocenters. The fourth-order valence-electron chi connectivity index (χ4n) is 4.45. The van der Waals surface area contributed by atoms with Gasteiger partial charge in [-0.2, -0.15) is 0 Å². The molecule has 0 saturated heterocycles. The third-order valence-electron chi connectivity index (χ3n) is 5.90. The first-order chi connectivity index (χ1) is 13.1. The molecule has 0 heterocycles. The van der Waals surface area contributed by atoms with E-state index in [9.17, 15) is 5.11 Å². The minimum Gasteiger partial charge on any atom is -0.507 e. The Hall–Kier alpha value is -2.52. The molecule has 3 heteroatoms. The van der Waals surface area contributed by atoms with E-state index >= 15 is 0 Å². The van der Waals surface area contributed by atoms with Crippen LogP contribution in [-0.4, -0.2) is 19.3 Å². The Kier molecular flexibility index (Phi) is 4.56. The number of methoxy groups -OCH3 is 2. The number of aromatic hydroxyl groups is 1. The van der Waals surface area contributed by atoms with Crippen molar-refractivity contribution in [2.75, 3.05) is 14.2 Å². The zero-order chi connectivity index (χ0) is 19.0. The molecule has 1 aliphatic carbocycles. The van der Waals surface area contributed by atoms with Crippen molar-refractivity contribution in [2.45, 2.75) is 38.2 Å². The molecule has 1 aliphatic rings. The summed E-state index contributed by atoms with van der Waals surface area (Å²) < 4.78 is 11.5. The summed E-state index contributed by atoms with van der Waals surface area (Å²) in [5, 5.41) is 12.7. The monoisotopic (exact) mass is 362 g/mol. The Labute approximate surface area is 160 Å². The first-order valence-corrected chi connectivity index (χ1v) is 9.61. The summed E-state index contributed by atoms with van der Waals surface area (Å²) in [5.74, 6) is 1.02. The second-order valence-electron chi connectivity index (χ2n) is 7.37. The molecule has 0 aliphatic heterocycles. The molecule has 1 N–H and O–H groups in total. The van der Waals surface area contributed by atoms with Crippen molar-refractivity contribution in [3.63, 3.8) is 0 Å². The average molecular weight is 362 g/mol. The number of phenols is 1. The fourth-order valence-corrected chi connectivity index (χ4v) is 4.45. The molecule has 27 heavy (non-hydrogen) atoms. The van der Waals surface area contributed by atoms with Crippen molar-refractivity contribution >= 4 is 10.8 Å².